The second-order valence-corrected chi connectivity index (χ2v) is 8.77. The normalized spacial score (nSPS) is 12.9. The number of furan rings is 1. The highest BCUT2D eigenvalue weighted by Crippen LogP contribution is 2.34. The first-order valence-electron chi connectivity index (χ1n) is 11.6. The molecule has 3 heterocycles. The number of hydrogen-bond donors (Lipinski definition) is 1. The largest absolute Gasteiger partial charge is 0.467 e. The second kappa shape index (κ2) is 9.25. The third-order valence-electron chi connectivity index (χ3n) is 6.55. The zero-order valence-corrected chi connectivity index (χ0v) is 19.7. The van der Waals surface area contributed by atoms with Crippen LogP contribution in [0.2, 0.25) is 0 Å². The van der Waals surface area contributed by atoms with Crippen molar-refractivity contribution in [2.45, 2.75) is 33.2 Å². The molecular formula is C28H26FN3O3. The number of rotatable bonds is 5. The van der Waals surface area contributed by atoms with Gasteiger partial charge in [0.05, 0.1) is 18.4 Å². The van der Waals surface area contributed by atoms with Crippen molar-refractivity contribution < 1.29 is 18.4 Å². The summed E-state index contributed by atoms with van der Waals surface area (Å²) >= 11 is 0. The van der Waals surface area contributed by atoms with Crippen molar-refractivity contribution in [2.75, 3.05) is 16.8 Å². The number of anilines is 2. The van der Waals surface area contributed by atoms with Gasteiger partial charge in [0.2, 0.25) is 0 Å². The quantitative estimate of drug-likeness (QED) is 0.404. The molecule has 6 nitrogen and oxygen atoms in total. The molecule has 0 spiro atoms. The van der Waals surface area contributed by atoms with Gasteiger partial charge < -0.3 is 19.2 Å². The lowest BCUT2D eigenvalue weighted by atomic mass is 9.98. The number of nitrogens with one attached hydrogen (secondary N) is 1. The van der Waals surface area contributed by atoms with E-state index in [-0.39, 0.29) is 11.8 Å². The van der Waals surface area contributed by atoms with Gasteiger partial charge in [0, 0.05) is 34.9 Å². The number of amides is 2. The van der Waals surface area contributed by atoms with Gasteiger partial charge >= 0.3 is 0 Å². The van der Waals surface area contributed by atoms with Crippen LogP contribution in [-0.4, -0.2) is 22.9 Å². The molecule has 1 N–H and O–H groups in total. The molecule has 0 unspecified atom stereocenters. The first-order valence-corrected chi connectivity index (χ1v) is 11.6. The Morgan fingerprint density at radius 1 is 1.06 bits per heavy atom. The minimum Gasteiger partial charge on any atom is -0.467 e. The van der Waals surface area contributed by atoms with Crippen LogP contribution in [-0.2, 0) is 13.0 Å². The Bertz CT molecular complexity index is 1390. The molecule has 1 aliphatic heterocycles. The van der Waals surface area contributed by atoms with Crippen molar-refractivity contribution in [3.8, 4) is 0 Å². The number of fused-ring (bicyclic) bond motifs is 1. The van der Waals surface area contributed by atoms with Crippen LogP contribution in [0.5, 0.6) is 0 Å². The minimum absolute atomic E-state index is 0.0632. The summed E-state index contributed by atoms with van der Waals surface area (Å²) in [6.45, 7) is 5.10. The number of aryl methyl sites for hydroxylation is 1. The van der Waals surface area contributed by atoms with Crippen molar-refractivity contribution in [3.05, 3.63) is 107 Å². The van der Waals surface area contributed by atoms with Gasteiger partial charge in [-0.25, -0.2) is 4.39 Å². The summed E-state index contributed by atoms with van der Waals surface area (Å²) in [5.74, 6) is 0.0575. The van der Waals surface area contributed by atoms with E-state index in [9.17, 15) is 14.0 Å². The van der Waals surface area contributed by atoms with Crippen molar-refractivity contribution in [2.24, 2.45) is 0 Å². The molecular weight excluding hydrogens is 445 g/mol. The Hall–Kier alpha value is -4.13. The van der Waals surface area contributed by atoms with Crippen LogP contribution in [0.4, 0.5) is 15.8 Å². The zero-order chi connectivity index (χ0) is 24.5. The molecule has 0 atom stereocenters. The number of carbonyl (C=O) groups excluding carboxylic acids is 2. The van der Waals surface area contributed by atoms with Gasteiger partial charge in [-0.05, 0) is 86.8 Å². The summed E-state index contributed by atoms with van der Waals surface area (Å²) in [5.41, 5.74) is 5.29. The van der Waals surface area contributed by atoms with E-state index in [0.717, 1.165) is 41.2 Å². The molecule has 5 rings (SSSR count). The number of carbonyl (C=O) groups is 2. The number of hydrogen-bond acceptors (Lipinski definition) is 3. The standard InChI is InChI=1S/C28H26FN3O3/c1-18-16-24(19(2)32(18)17-22-6-5-15-35-22)28(34)31-14-4-7-23-25(8-3-9-26(23)31)30-27(33)20-10-12-21(29)13-11-20/h3,5-6,8-13,15-16H,4,7,14,17H2,1-2H3,(H,30,33). The smallest absolute Gasteiger partial charge is 0.260 e. The predicted octanol–water partition coefficient (Wildman–Crippen LogP) is 5.73. The van der Waals surface area contributed by atoms with Gasteiger partial charge in [0.15, 0.2) is 0 Å². The molecule has 0 aliphatic carbocycles. The van der Waals surface area contributed by atoms with Gasteiger partial charge in [-0.2, -0.15) is 0 Å². The highest BCUT2D eigenvalue weighted by Gasteiger charge is 2.28. The van der Waals surface area contributed by atoms with E-state index in [1.807, 2.05) is 50.2 Å². The van der Waals surface area contributed by atoms with Gasteiger partial charge in [-0.3, -0.25) is 9.59 Å². The maximum absolute atomic E-state index is 13.7. The molecule has 0 fully saturated rings. The molecule has 2 amide bonds. The van der Waals surface area contributed by atoms with Crippen molar-refractivity contribution in [3.63, 3.8) is 0 Å². The van der Waals surface area contributed by atoms with Gasteiger partial charge in [-0.1, -0.05) is 6.07 Å². The van der Waals surface area contributed by atoms with E-state index in [1.54, 1.807) is 11.2 Å². The second-order valence-electron chi connectivity index (χ2n) is 8.77. The summed E-state index contributed by atoms with van der Waals surface area (Å²) in [5, 5.41) is 2.94. The average molecular weight is 472 g/mol. The van der Waals surface area contributed by atoms with E-state index < -0.39 is 5.82 Å². The van der Waals surface area contributed by atoms with Crippen LogP contribution in [0.1, 0.15) is 49.8 Å². The molecule has 2 aromatic carbocycles. The number of nitrogens with zero attached hydrogens (tertiary/aromatic N) is 2. The highest BCUT2D eigenvalue weighted by molar-refractivity contribution is 6.09. The topological polar surface area (TPSA) is 67.5 Å². The van der Waals surface area contributed by atoms with Crippen LogP contribution in [0.3, 0.4) is 0 Å². The Morgan fingerprint density at radius 3 is 2.60 bits per heavy atom. The average Bonchev–Trinajstić information content (AvgIpc) is 3.48. The summed E-state index contributed by atoms with van der Waals surface area (Å²) < 4.78 is 20.8. The summed E-state index contributed by atoms with van der Waals surface area (Å²) in [6.07, 6.45) is 3.18. The molecule has 2 aromatic heterocycles. The first-order chi connectivity index (χ1) is 16.9. The van der Waals surface area contributed by atoms with Crippen LogP contribution >= 0.6 is 0 Å². The van der Waals surface area contributed by atoms with Crippen LogP contribution in [0, 0.1) is 19.7 Å². The SMILES string of the molecule is Cc1cc(C(=O)N2CCCc3c(NC(=O)c4ccc(F)cc4)cccc32)c(C)n1Cc1ccco1. The molecule has 178 valence electrons. The summed E-state index contributed by atoms with van der Waals surface area (Å²) in [7, 11) is 0. The van der Waals surface area contributed by atoms with Crippen molar-refractivity contribution >= 4 is 23.2 Å². The van der Waals surface area contributed by atoms with Gasteiger partial charge in [0.25, 0.3) is 11.8 Å². The number of aromatic nitrogens is 1. The van der Waals surface area contributed by atoms with Crippen LogP contribution in [0.25, 0.3) is 0 Å². The van der Waals surface area contributed by atoms with Crippen LogP contribution < -0.4 is 10.2 Å². The zero-order valence-electron chi connectivity index (χ0n) is 19.7. The lowest BCUT2D eigenvalue weighted by molar-refractivity contribution is 0.0983. The summed E-state index contributed by atoms with van der Waals surface area (Å²) in [4.78, 5) is 28.2. The molecule has 35 heavy (non-hydrogen) atoms. The molecule has 4 aromatic rings. The van der Waals surface area contributed by atoms with Crippen molar-refractivity contribution in [1.82, 2.24) is 4.57 Å². The maximum atomic E-state index is 13.7. The van der Waals surface area contributed by atoms with E-state index in [2.05, 4.69) is 9.88 Å². The fourth-order valence-electron chi connectivity index (χ4n) is 4.71. The Balaban J connectivity index is 1.42. The lowest BCUT2D eigenvalue weighted by Crippen LogP contribution is -2.36. The Kier molecular flexibility index (Phi) is 5.99. The minimum atomic E-state index is -0.392. The van der Waals surface area contributed by atoms with E-state index in [1.165, 1.54) is 24.3 Å². The maximum Gasteiger partial charge on any atom is 0.260 e. The lowest BCUT2D eigenvalue weighted by Gasteiger charge is -2.31. The molecule has 7 heteroatoms. The molecule has 0 saturated carbocycles. The third-order valence-corrected chi connectivity index (χ3v) is 6.55. The van der Waals surface area contributed by atoms with E-state index in [0.29, 0.717) is 29.9 Å². The van der Waals surface area contributed by atoms with Crippen LogP contribution in [0.15, 0.2) is 71.3 Å². The Morgan fingerprint density at radius 2 is 1.86 bits per heavy atom. The number of halogens is 1. The first kappa shape index (κ1) is 22.7. The van der Waals surface area contributed by atoms with Gasteiger partial charge in [-0.15, -0.1) is 0 Å². The fraction of sp³-hybridized carbons (Fsp3) is 0.214. The van der Waals surface area contributed by atoms with E-state index >= 15 is 0 Å². The number of benzene rings is 2. The molecule has 0 radical (unpaired) electrons. The molecule has 0 saturated heterocycles. The van der Waals surface area contributed by atoms with Gasteiger partial charge in [0.1, 0.15) is 11.6 Å². The predicted molar refractivity (Wildman–Crippen MR) is 133 cm³/mol. The molecule has 1 aliphatic rings. The fourth-order valence-corrected chi connectivity index (χ4v) is 4.71. The third kappa shape index (κ3) is 4.37. The Labute approximate surface area is 203 Å². The van der Waals surface area contributed by atoms with E-state index in [4.69, 9.17) is 4.42 Å². The highest BCUT2D eigenvalue weighted by atomic mass is 19.1. The van der Waals surface area contributed by atoms with Crippen molar-refractivity contribution in [1.29, 1.82) is 0 Å². The molecule has 0 bridgehead atoms. The monoisotopic (exact) mass is 471 g/mol. The summed E-state index contributed by atoms with van der Waals surface area (Å²) in [6, 6.07) is 16.7.